The van der Waals surface area contributed by atoms with Gasteiger partial charge in [0.1, 0.15) is 0 Å². The third-order valence-electron chi connectivity index (χ3n) is 3.35. The van der Waals surface area contributed by atoms with Crippen LogP contribution in [0.3, 0.4) is 0 Å². The Morgan fingerprint density at radius 1 is 0.955 bits per heavy atom. The van der Waals surface area contributed by atoms with Crippen LogP contribution in [0.1, 0.15) is 17.2 Å². The van der Waals surface area contributed by atoms with Crippen LogP contribution in [0.2, 0.25) is 0 Å². The number of aliphatic hydroxyl groups is 1. The summed E-state index contributed by atoms with van der Waals surface area (Å²) in [6.45, 7) is 1.65. The zero-order valence-corrected chi connectivity index (χ0v) is 12.5. The molecule has 4 nitrogen and oxygen atoms in total. The molecule has 0 spiro atoms. The molecular formula is C18H22N2O2. The van der Waals surface area contributed by atoms with Gasteiger partial charge in [-0.2, -0.15) is 0 Å². The lowest BCUT2D eigenvalue weighted by Crippen LogP contribution is -2.34. The monoisotopic (exact) mass is 298 g/mol. The highest BCUT2D eigenvalue weighted by Gasteiger charge is 2.06. The van der Waals surface area contributed by atoms with Crippen molar-refractivity contribution >= 4 is 5.91 Å². The van der Waals surface area contributed by atoms with E-state index in [0.717, 1.165) is 11.1 Å². The third kappa shape index (κ3) is 5.68. The molecule has 0 saturated carbocycles. The molecule has 1 atom stereocenters. The minimum atomic E-state index is -0.527. The molecule has 0 unspecified atom stereocenters. The quantitative estimate of drug-likeness (QED) is 0.650. The summed E-state index contributed by atoms with van der Waals surface area (Å²) >= 11 is 0. The molecule has 0 saturated heterocycles. The highest BCUT2D eigenvalue weighted by atomic mass is 16.3. The predicted molar refractivity (Wildman–Crippen MR) is 87.4 cm³/mol. The fourth-order valence-corrected chi connectivity index (χ4v) is 2.17. The standard InChI is InChI=1S/C18H22N2O2/c21-17(16-9-5-2-6-10-16)14-19-11-12-20-18(22)13-15-7-3-1-4-8-15/h1-10,17,19,21H,11-14H2,(H,20,22)/t17-/m0/s1. The molecule has 3 N–H and O–H groups in total. The fraction of sp³-hybridized carbons (Fsp3) is 0.278. The van der Waals surface area contributed by atoms with E-state index in [1.54, 1.807) is 0 Å². The Kier molecular flexibility index (Phi) is 6.61. The summed E-state index contributed by atoms with van der Waals surface area (Å²) < 4.78 is 0. The zero-order chi connectivity index (χ0) is 15.6. The van der Waals surface area contributed by atoms with E-state index in [0.29, 0.717) is 26.1 Å². The molecular weight excluding hydrogens is 276 g/mol. The minimum Gasteiger partial charge on any atom is -0.387 e. The summed E-state index contributed by atoms with van der Waals surface area (Å²) in [5, 5.41) is 16.0. The van der Waals surface area contributed by atoms with Gasteiger partial charge >= 0.3 is 0 Å². The molecule has 0 radical (unpaired) electrons. The molecule has 0 heterocycles. The Bertz CT molecular complexity index is 558. The van der Waals surface area contributed by atoms with Gasteiger partial charge in [-0.05, 0) is 11.1 Å². The SMILES string of the molecule is O=C(Cc1ccccc1)NCCNC[C@H](O)c1ccccc1. The molecule has 2 rings (SSSR count). The van der Waals surface area contributed by atoms with E-state index in [1.807, 2.05) is 60.7 Å². The predicted octanol–water partition coefficient (Wildman–Crippen LogP) is 1.67. The van der Waals surface area contributed by atoms with Crippen LogP contribution in [0.25, 0.3) is 0 Å². The molecule has 0 aliphatic heterocycles. The number of amides is 1. The summed E-state index contributed by atoms with van der Waals surface area (Å²) in [5.74, 6) is 0.0107. The van der Waals surface area contributed by atoms with Crippen molar-refractivity contribution in [3.05, 3.63) is 71.8 Å². The van der Waals surface area contributed by atoms with E-state index in [4.69, 9.17) is 0 Å². The maximum Gasteiger partial charge on any atom is 0.224 e. The van der Waals surface area contributed by atoms with Crippen molar-refractivity contribution in [2.24, 2.45) is 0 Å². The average molecular weight is 298 g/mol. The molecule has 0 aromatic heterocycles. The van der Waals surface area contributed by atoms with Crippen LogP contribution in [-0.2, 0) is 11.2 Å². The summed E-state index contributed by atoms with van der Waals surface area (Å²) in [6.07, 6.45) is -0.130. The van der Waals surface area contributed by atoms with Crippen molar-refractivity contribution in [2.45, 2.75) is 12.5 Å². The van der Waals surface area contributed by atoms with E-state index >= 15 is 0 Å². The van der Waals surface area contributed by atoms with Crippen LogP contribution in [-0.4, -0.2) is 30.6 Å². The molecule has 2 aromatic carbocycles. The number of carbonyl (C=O) groups is 1. The fourth-order valence-electron chi connectivity index (χ4n) is 2.17. The number of carbonyl (C=O) groups excluding carboxylic acids is 1. The van der Waals surface area contributed by atoms with Gasteiger partial charge in [-0.1, -0.05) is 60.7 Å². The van der Waals surface area contributed by atoms with Gasteiger partial charge in [-0.15, -0.1) is 0 Å². The van der Waals surface area contributed by atoms with Crippen molar-refractivity contribution in [2.75, 3.05) is 19.6 Å². The Morgan fingerprint density at radius 2 is 1.59 bits per heavy atom. The second-order valence-electron chi connectivity index (χ2n) is 5.14. The number of rotatable bonds is 8. The van der Waals surface area contributed by atoms with E-state index in [9.17, 15) is 9.90 Å². The summed E-state index contributed by atoms with van der Waals surface area (Å²) in [6, 6.07) is 19.2. The number of hydrogen-bond donors (Lipinski definition) is 3. The Balaban J connectivity index is 1.58. The molecule has 116 valence electrons. The lowest BCUT2D eigenvalue weighted by atomic mass is 10.1. The van der Waals surface area contributed by atoms with Gasteiger partial charge in [0.15, 0.2) is 0 Å². The first-order valence-electron chi connectivity index (χ1n) is 7.50. The maximum atomic E-state index is 11.7. The van der Waals surface area contributed by atoms with Crippen molar-refractivity contribution in [3.63, 3.8) is 0 Å². The van der Waals surface area contributed by atoms with Crippen LogP contribution >= 0.6 is 0 Å². The molecule has 22 heavy (non-hydrogen) atoms. The smallest absolute Gasteiger partial charge is 0.224 e. The number of benzene rings is 2. The van der Waals surface area contributed by atoms with Crippen molar-refractivity contribution in [1.29, 1.82) is 0 Å². The normalized spacial score (nSPS) is 11.9. The molecule has 0 aliphatic carbocycles. The molecule has 2 aromatic rings. The second-order valence-corrected chi connectivity index (χ2v) is 5.14. The van der Waals surface area contributed by atoms with Crippen LogP contribution < -0.4 is 10.6 Å². The topological polar surface area (TPSA) is 61.4 Å². The van der Waals surface area contributed by atoms with Gasteiger partial charge in [0.2, 0.25) is 5.91 Å². The van der Waals surface area contributed by atoms with E-state index < -0.39 is 6.10 Å². The second kappa shape index (κ2) is 8.97. The lowest BCUT2D eigenvalue weighted by Gasteiger charge is -2.12. The average Bonchev–Trinajstić information content (AvgIpc) is 2.56. The van der Waals surface area contributed by atoms with Crippen molar-refractivity contribution in [3.8, 4) is 0 Å². The van der Waals surface area contributed by atoms with Gasteiger partial charge in [0.05, 0.1) is 12.5 Å². The third-order valence-corrected chi connectivity index (χ3v) is 3.35. The van der Waals surface area contributed by atoms with Gasteiger partial charge in [-0.3, -0.25) is 4.79 Å². The number of nitrogens with one attached hydrogen (secondary N) is 2. The van der Waals surface area contributed by atoms with Crippen LogP contribution in [0.4, 0.5) is 0 Å². The van der Waals surface area contributed by atoms with Crippen LogP contribution in [0.15, 0.2) is 60.7 Å². The highest BCUT2D eigenvalue weighted by molar-refractivity contribution is 5.78. The van der Waals surface area contributed by atoms with E-state index in [-0.39, 0.29) is 5.91 Å². The van der Waals surface area contributed by atoms with Crippen LogP contribution in [0.5, 0.6) is 0 Å². The first kappa shape index (κ1) is 16.2. The Hall–Kier alpha value is -2.17. The first-order chi connectivity index (χ1) is 10.8. The molecule has 4 heteroatoms. The minimum absolute atomic E-state index is 0.0107. The van der Waals surface area contributed by atoms with Crippen molar-refractivity contribution < 1.29 is 9.90 Å². The lowest BCUT2D eigenvalue weighted by molar-refractivity contribution is -0.120. The molecule has 0 bridgehead atoms. The van der Waals surface area contributed by atoms with Gasteiger partial charge < -0.3 is 15.7 Å². The van der Waals surface area contributed by atoms with Gasteiger partial charge in [0.25, 0.3) is 0 Å². The Morgan fingerprint density at radius 3 is 2.27 bits per heavy atom. The van der Waals surface area contributed by atoms with E-state index in [2.05, 4.69) is 10.6 Å². The Labute approximate surface area is 131 Å². The summed E-state index contributed by atoms with van der Waals surface area (Å²) in [7, 11) is 0. The summed E-state index contributed by atoms with van der Waals surface area (Å²) in [4.78, 5) is 11.7. The van der Waals surface area contributed by atoms with Gasteiger partial charge in [-0.25, -0.2) is 0 Å². The van der Waals surface area contributed by atoms with Gasteiger partial charge in [0, 0.05) is 19.6 Å². The molecule has 0 fully saturated rings. The first-order valence-corrected chi connectivity index (χ1v) is 7.50. The summed E-state index contributed by atoms with van der Waals surface area (Å²) in [5.41, 5.74) is 1.90. The maximum absolute atomic E-state index is 11.7. The highest BCUT2D eigenvalue weighted by Crippen LogP contribution is 2.10. The molecule has 1 amide bonds. The van der Waals surface area contributed by atoms with E-state index in [1.165, 1.54) is 0 Å². The van der Waals surface area contributed by atoms with Crippen molar-refractivity contribution in [1.82, 2.24) is 10.6 Å². The number of aliphatic hydroxyl groups excluding tert-OH is 1. The number of hydrogen-bond acceptors (Lipinski definition) is 3. The zero-order valence-electron chi connectivity index (χ0n) is 12.5. The molecule has 0 aliphatic rings. The largest absolute Gasteiger partial charge is 0.387 e. The van der Waals surface area contributed by atoms with Crippen LogP contribution in [0, 0.1) is 0 Å².